The minimum Gasteiger partial charge on any atom is -0.496 e. The second kappa shape index (κ2) is 9.88. The van der Waals surface area contributed by atoms with E-state index in [4.69, 9.17) is 9.47 Å². The number of halogens is 1. The van der Waals surface area contributed by atoms with E-state index in [9.17, 15) is 9.18 Å². The van der Waals surface area contributed by atoms with Crippen LogP contribution >= 0.6 is 0 Å². The predicted molar refractivity (Wildman–Crippen MR) is 133 cm³/mol. The maximum absolute atomic E-state index is 14.7. The van der Waals surface area contributed by atoms with Crippen molar-refractivity contribution in [2.24, 2.45) is 0 Å². The highest BCUT2D eigenvalue weighted by Gasteiger charge is 2.39. The first-order chi connectivity index (χ1) is 16.3. The Balaban J connectivity index is 1.74. The van der Waals surface area contributed by atoms with Crippen LogP contribution in [-0.2, 0) is 17.7 Å². The molecular formula is C29H32FNO3. The minimum atomic E-state index is -0.310. The second-order valence-corrected chi connectivity index (χ2v) is 9.36. The lowest BCUT2D eigenvalue weighted by Gasteiger charge is -2.25. The van der Waals surface area contributed by atoms with Crippen molar-refractivity contribution >= 4 is 6.09 Å². The van der Waals surface area contributed by atoms with Gasteiger partial charge in [-0.05, 0) is 54.5 Å². The maximum atomic E-state index is 14.7. The van der Waals surface area contributed by atoms with Crippen LogP contribution < -0.4 is 4.74 Å². The summed E-state index contributed by atoms with van der Waals surface area (Å²) in [6.45, 7) is 8.32. The van der Waals surface area contributed by atoms with Gasteiger partial charge in [0.15, 0.2) is 0 Å². The van der Waals surface area contributed by atoms with E-state index < -0.39 is 0 Å². The van der Waals surface area contributed by atoms with Gasteiger partial charge in [0, 0.05) is 11.6 Å². The molecule has 0 N–H and O–H groups in total. The molecule has 1 saturated heterocycles. The van der Waals surface area contributed by atoms with Crippen molar-refractivity contribution in [3.63, 3.8) is 0 Å². The molecule has 0 unspecified atom stereocenters. The SMILES string of the molecule is COc1cc(F)c(C(C)C)cc1-c1ccc(C)cc1CN1C(=O)O[C@H](C)[C@@H]1Cc1ccccc1. The number of nitrogens with zero attached hydrogens (tertiary/aromatic N) is 1. The number of carbonyl (C=O) groups is 1. The number of benzene rings is 3. The van der Waals surface area contributed by atoms with Crippen molar-refractivity contribution < 1.29 is 18.7 Å². The predicted octanol–water partition coefficient (Wildman–Crippen LogP) is 6.89. The Kier molecular flexibility index (Phi) is 6.92. The number of rotatable bonds is 7. The van der Waals surface area contributed by atoms with Crippen molar-refractivity contribution in [1.29, 1.82) is 0 Å². The summed E-state index contributed by atoms with van der Waals surface area (Å²) in [6, 6.07) is 19.5. The summed E-state index contributed by atoms with van der Waals surface area (Å²) >= 11 is 0. The third-order valence-electron chi connectivity index (χ3n) is 6.58. The van der Waals surface area contributed by atoms with Crippen LogP contribution in [0.3, 0.4) is 0 Å². The van der Waals surface area contributed by atoms with Gasteiger partial charge in [-0.2, -0.15) is 0 Å². The van der Waals surface area contributed by atoms with Gasteiger partial charge in [-0.3, -0.25) is 4.90 Å². The standard InChI is InChI=1S/C29H32FNO3/c1-18(2)24-15-25(28(33-5)16-26(24)30)23-12-11-19(3)13-22(23)17-31-27(20(4)34-29(31)32)14-21-9-7-6-8-10-21/h6-13,15-16,18,20,27H,14,17H2,1-5H3/t20-,27+/m1/s1. The fourth-order valence-corrected chi connectivity index (χ4v) is 4.70. The monoisotopic (exact) mass is 461 g/mol. The number of cyclic esters (lactones) is 1. The molecule has 1 heterocycles. The highest BCUT2D eigenvalue weighted by Crippen LogP contribution is 2.38. The summed E-state index contributed by atoms with van der Waals surface area (Å²) in [4.78, 5) is 14.7. The van der Waals surface area contributed by atoms with Crippen molar-refractivity contribution in [2.75, 3.05) is 7.11 Å². The summed E-state index contributed by atoms with van der Waals surface area (Å²) in [5, 5.41) is 0. The van der Waals surface area contributed by atoms with Gasteiger partial charge in [-0.1, -0.05) is 67.9 Å². The third kappa shape index (κ3) is 4.79. The van der Waals surface area contributed by atoms with Gasteiger partial charge in [0.05, 0.1) is 19.7 Å². The molecule has 3 aromatic rings. The molecule has 1 amide bonds. The zero-order valence-corrected chi connectivity index (χ0v) is 20.5. The van der Waals surface area contributed by atoms with Crippen LogP contribution in [0.2, 0.25) is 0 Å². The van der Waals surface area contributed by atoms with Gasteiger partial charge >= 0.3 is 6.09 Å². The molecule has 4 nitrogen and oxygen atoms in total. The number of amides is 1. The van der Waals surface area contributed by atoms with Crippen molar-refractivity contribution in [2.45, 2.75) is 58.7 Å². The molecule has 4 rings (SSSR count). The summed E-state index contributed by atoms with van der Waals surface area (Å²) in [7, 11) is 1.55. The first kappa shape index (κ1) is 23.8. The molecule has 2 atom stereocenters. The van der Waals surface area contributed by atoms with E-state index in [0.29, 0.717) is 24.3 Å². The molecule has 0 aromatic heterocycles. The van der Waals surface area contributed by atoms with Gasteiger partial charge in [0.2, 0.25) is 0 Å². The number of carbonyl (C=O) groups excluding carboxylic acids is 1. The van der Waals surface area contributed by atoms with Gasteiger partial charge in [-0.25, -0.2) is 9.18 Å². The summed E-state index contributed by atoms with van der Waals surface area (Å²) in [5.41, 5.74) is 5.61. The Hall–Kier alpha value is -3.34. The van der Waals surface area contributed by atoms with E-state index in [2.05, 4.69) is 18.2 Å². The molecule has 0 spiro atoms. The number of aryl methyl sites for hydroxylation is 1. The molecule has 1 aliphatic rings. The quantitative estimate of drug-likeness (QED) is 0.385. The van der Waals surface area contributed by atoms with Gasteiger partial charge < -0.3 is 9.47 Å². The maximum Gasteiger partial charge on any atom is 0.410 e. The summed E-state index contributed by atoms with van der Waals surface area (Å²) in [5.74, 6) is 0.234. The molecule has 0 saturated carbocycles. The van der Waals surface area contributed by atoms with Crippen LogP contribution in [0.1, 0.15) is 48.9 Å². The Labute approximate surface area is 201 Å². The Morgan fingerprint density at radius 3 is 2.47 bits per heavy atom. The molecule has 0 bridgehead atoms. The Morgan fingerprint density at radius 1 is 1.06 bits per heavy atom. The van der Waals surface area contributed by atoms with Crippen molar-refractivity contribution in [3.8, 4) is 16.9 Å². The second-order valence-electron chi connectivity index (χ2n) is 9.36. The molecule has 34 heavy (non-hydrogen) atoms. The molecule has 1 fully saturated rings. The van der Waals surface area contributed by atoms with E-state index in [1.54, 1.807) is 7.11 Å². The lowest BCUT2D eigenvalue weighted by molar-refractivity contribution is 0.136. The molecule has 3 aromatic carbocycles. The smallest absolute Gasteiger partial charge is 0.410 e. The summed E-state index contributed by atoms with van der Waals surface area (Å²) < 4.78 is 25.9. The highest BCUT2D eigenvalue weighted by atomic mass is 19.1. The molecule has 0 aliphatic carbocycles. The van der Waals surface area contributed by atoms with Crippen molar-refractivity contribution in [3.05, 3.63) is 88.7 Å². The molecular weight excluding hydrogens is 429 g/mol. The lowest BCUT2D eigenvalue weighted by atomic mass is 9.92. The number of methoxy groups -OCH3 is 1. The normalized spacial score (nSPS) is 17.9. The highest BCUT2D eigenvalue weighted by molar-refractivity contribution is 5.76. The zero-order valence-electron chi connectivity index (χ0n) is 20.5. The van der Waals surface area contributed by atoms with E-state index in [0.717, 1.165) is 27.8 Å². The van der Waals surface area contributed by atoms with Crippen LogP contribution in [0.4, 0.5) is 9.18 Å². The number of ether oxygens (including phenoxy) is 2. The van der Waals surface area contributed by atoms with Crippen LogP contribution in [-0.4, -0.2) is 30.2 Å². The zero-order chi connectivity index (χ0) is 24.4. The topological polar surface area (TPSA) is 38.8 Å². The molecule has 178 valence electrons. The molecule has 5 heteroatoms. The molecule has 0 radical (unpaired) electrons. The van der Waals surface area contributed by atoms with Gasteiger partial charge in [0.1, 0.15) is 17.7 Å². The first-order valence-electron chi connectivity index (χ1n) is 11.8. The lowest BCUT2D eigenvalue weighted by Crippen LogP contribution is -2.37. The van der Waals surface area contributed by atoms with Gasteiger partial charge in [0.25, 0.3) is 0 Å². The fraction of sp³-hybridized carbons (Fsp3) is 0.345. The van der Waals surface area contributed by atoms with Crippen LogP contribution in [0.15, 0.2) is 60.7 Å². The van der Waals surface area contributed by atoms with Crippen molar-refractivity contribution in [1.82, 2.24) is 4.90 Å². The van der Waals surface area contributed by atoms with Crippen LogP contribution in [0.5, 0.6) is 5.75 Å². The summed E-state index contributed by atoms with van der Waals surface area (Å²) in [6.07, 6.45) is 0.190. The van der Waals surface area contributed by atoms with Gasteiger partial charge in [-0.15, -0.1) is 0 Å². The average Bonchev–Trinajstić information content (AvgIpc) is 3.06. The Morgan fingerprint density at radius 2 is 1.79 bits per heavy atom. The first-order valence-corrected chi connectivity index (χ1v) is 11.8. The number of hydrogen-bond donors (Lipinski definition) is 0. The van der Waals surface area contributed by atoms with Crippen LogP contribution in [0, 0.1) is 12.7 Å². The van der Waals surface area contributed by atoms with E-state index in [1.165, 1.54) is 6.07 Å². The number of hydrogen-bond acceptors (Lipinski definition) is 3. The third-order valence-corrected chi connectivity index (χ3v) is 6.58. The fourth-order valence-electron chi connectivity index (χ4n) is 4.70. The minimum absolute atomic E-state index is 0.0308. The largest absolute Gasteiger partial charge is 0.496 e. The molecule has 1 aliphatic heterocycles. The van der Waals surface area contributed by atoms with E-state index >= 15 is 0 Å². The van der Waals surface area contributed by atoms with E-state index in [1.807, 2.05) is 69.0 Å². The average molecular weight is 462 g/mol. The Bertz CT molecular complexity index is 1180. The van der Waals surface area contributed by atoms with E-state index in [-0.39, 0.29) is 30.0 Å². The van der Waals surface area contributed by atoms with Crippen LogP contribution in [0.25, 0.3) is 11.1 Å².